The minimum Gasteiger partial charge on any atom is -0.289 e. The van der Waals surface area contributed by atoms with Crippen molar-refractivity contribution in [3.8, 4) is 0 Å². The van der Waals surface area contributed by atoms with E-state index in [0.717, 1.165) is 5.56 Å². The van der Waals surface area contributed by atoms with E-state index < -0.39 is 0 Å². The zero-order valence-corrected chi connectivity index (χ0v) is 10.9. The first-order valence-corrected chi connectivity index (χ1v) is 6.15. The van der Waals surface area contributed by atoms with E-state index in [-0.39, 0.29) is 5.78 Å². The Morgan fingerprint density at radius 3 is 2.11 bits per heavy atom. The van der Waals surface area contributed by atoms with Crippen LogP contribution in [0, 0.1) is 0 Å². The maximum atomic E-state index is 12.0. The lowest BCUT2D eigenvalue weighted by Gasteiger charge is -2.02. The summed E-state index contributed by atoms with van der Waals surface area (Å²) < 4.78 is 0. The first-order valence-electron chi connectivity index (χ1n) is 5.40. The number of rotatable bonds is 3. The molecule has 0 unspecified atom stereocenters. The molecule has 0 aliphatic heterocycles. The minimum absolute atomic E-state index is 0.200. The molecule has 0 aliphatic carbocycles. The van der Waals surface area contributed by atoms with Gasteiger partial charge in [-0.05, 0) is 23.8 Å². The largest absolute Gasteiger partial charge is 0.289 e. The summed E-state index contributed by atoms with van der Waals surface area (Å²) in [5.41, 5.74) is 1.29. The molecule has 0 N–H and O–H groups in total. The maximum absolute atomic E-state index is 12.0. The number of hydrogen-bond donors (Lipinski definition) is 0. The van der Waals surface area contributed by atoms with Crippen molar-refractivity contribution in [2.75, 3.05) is 0 Å². The highest BCUT2D eigenvalue weighted by Crippen LogP contribution is 2.25. The van der Waals surface area contributed by atoms with Crippen molar-refractivity contribution in [2.24, 2.45) is 0 Å². The van der Waals surface area contributed by atoms with Gasteiger partial charge in [0.2, 0.25) is 0 Å². The summed E-state index contributed by atoms with van der Waals surface area (Å²) >= 11 is 11.9. The third-order valence-electron chi connectivity index (χ3n) is 2.44. The molecule has 18 heavy (non-hydrogen) atoms. The number of carbonyl (C=O) groups is 1. The van der Waals surface area contributed by atoms with Gasteiger partial charge in [0.25, 0.3) is 0 Å². The predicted molar refractivity (Wildman–Crippen MR) is 76.3 cm³/mol. The third-order valence-corrected chi connectivity index (χ3v) is 3.07. The highest BCUT2D eigenvalue weighted by molar-refractivity contribution is 6.40. The molecule has 0 heterocycles. The lowest BCUT2D eigenvalue weighted by atomic mass is 10.1. The molecule has 0 saturated heterocycles. The Hall–Kier alpha value is -1.57. The van der Waals surface area contributed by atoms with E-state index in [0.29, 0.717) is 15.6 Å². The van der Waals surface area contributed by atoms with Gasteiger partial charge in [-0.2, -0.15) is 0 Å². The average Bonchev–Trinajstić information content (AvgIpc) is 2.37. The summed E-state index contributed by atoms with van der Waals surface area (Å²) in [4.78, 5) is 12.0. The van der Waals surface area contributed by atoms with Crippen LogP contribution in [-0.2, 0) is 0 Å². The standard InChI is InChI=1S/C15H10Cl2O/c16-12-7-4-8-13(17)15(12)14(18)10-9-11-5-2-1-3-6-11/h1-10H/b10-9+. The Morgan fingerprint density at radius 1 is 0.889 bits per heavy atom. The van der Waals surface area contributed by atoms with Crippen LogP contribution in [-0.4, -0.2) is 5.78 Å². The van der Waals surface area contributed by atoms with Gasteiger partial charge < -0.3 is 0 Å². The highest BCUT2D eigenvalue weighted by Gasteiger charge is 2.11. The molecule has 0 aliphatic rings. The van der Waals surface area contributed by atoms with Crippen LogP contribution < -0.4 is 0 Å². The van der Waals surface area contributed by atoms with E-state index >= 15 is 0 Å². The highest BCUT2D eigenvalue weighted by atomic mass is 35.5. The molecule has 1 nitrogen and oxygen atoms in total. The van der Waals surface area contributed by atoms with Crippen LogP contribution in [0.1, 0.15) is 15.9 Å². The summed E-state index contributed by atoms with van der Waals surface area (Å²) in [6.45, 7) is 0. The fraction of sp³-hybridized carbons (Fsp3) is 0. The van der Waals surface area contributed by atoms with E-state index in [1.807, 2.05) is 30.3 Å². The molecule has 0 fully saturated rings. The second kappa shape index (κ2) is 5.85. The quantitative estimate of drug-likeness (QED) is 0.576. The van der Waals surface area contributed by atoms with Crippen molar-refractivity contribution in [1.82, 2.24) is 0 Å². The Bertz CT molecular complexity index is 568. The van der Waals surface area contributed by atoms with Gasteiger partial charge in [0.05, 0.1) is 15.6 Å². The van der Waals surface area contributed by atoms with Gasteiger partial charge in [0.15, 0.2) is 5.78 Å². The first kappa shape index (κ1) is 12.9. The lowest BCUT2D eigenvalue weighted by Crippen LogP contribution is -1.96. The molecule has 0 atom stereocenters. The average molecular weight is 277 g/mol. The summed E-state index contributed by atoms with van der Waals surface area (Å²) in [6, 6.07) is 14.6. The molecule has 0 spiro atoms. The van der Waals surface area contributed by atoms with Crippen LogP contribution in [0.15, 0.2) is 54.6 Å². The summed E-state index contributed by atoms with van der Waals surface area (Å²) in [5, 5.41) is 0.732. The SMILES string of the molecule is O=C(/C=C/c1ccccc1)c1c(Cl)cccc1Cl. The van der Waals surface area contributed by atoms with E-state index in [1.165, 1.54) is 6.08 Å². The van der Waals surface area contributed by atoms with Crippen LogP contribution in [0.3, 0.4) is 0 Å². The molecule has 0 bridgehead atoms. The van der Waals surface area contributed by atoms with E-state index in [9.17, 15) is 4.79 Å². The Balaban J connectivity index is 2.26. The van der Waals surface area contributed by atoms with Gasteiger partial charge in [0.1, 0.15) is 0 Å². The second-order valence-corrected chi connectivity index (χ2v) is 4.52. The Labute approximate surface area is 116 Å². The minimum atomic E-state index is -0.200. The lowest BCUT2D eigenvalue weighted by molar-refractivity contribution is 0.104. The number of ketones is 1. The molecule has 2 aromatic carbocycles. The molecule has 0 amide bonds. The number of allylic oxidation sites excluding steroid dienone is 1. The van der Waals surface area contributed by atoms with Crippen molar-refractivity contribution in [1.29, 1.82) is 0 Å². The van der Waals surface area contributed by atoms with Crippen LogP contribution in [0.25, 0.3) is 6.08 Å². The van der Waals surface area contributed by atoms with Gasteiger partial charge in [-0.15, -0.1) is 0 Å². The summed E-state index contributed by atoms with van der Waals surface area (Å²) in [5.74, 6) is -0.200. The first-order chi connectivity index (χ1) is 8.68. The fourth-order valence-corrected chi connectivity index (χ4v) is 2.14. The van der Waals surface area contributed by atoms with Gasteiger partial charge >= 0.3 is 0 Å². The van der Waals surface area contributed by atoms with Crippen molar-refractivity contribution in [2.45, 2.75) is 0 Å². The molecule has 3 heteroatoms. The molecule has 0 aromatic heterocycles. The molecular formula is C15H10Cl2O. The van der Waals surface area contributed by atoms with Gasteiger partial charge in [-0.25, -0.2) is 0 Å². The molecule has 0 radical (unpaired) electrons. The van der Waals surface area contributed by atoms with E-state index in [2.05, 4.69) is 0 Å². The van der Waals surface area contributed by atoms with Gasteiger partial charge in [-0.1, -0.05) is 65.7 Å². The van der Waals surface area contributed by atoms with Crippen molar-refractivity contribution < 1.29 is 4.79 Å². The van der Waals surface area contributed by atoms with E-state index in [4.69, 9.17) is 23.2 Å². The summed E-state index contributed by atoms with van der Waals surface area (Å²) in [7, 11) is 0. The van der Waals surface area contributed by atoms with Gasteiger partial charge in [0, 0.05) is 0 Å². The molecule has 90 valence electrons. The zero-order valence-electron chi connectivity index (χ0n) is 9.44. The third kappa shape index (κ3) is 3.00. The van der Waals surface area contributed by atoms with E-state index in [1.54, 1.807) is 24.3 Å². The number of halogens is 2. The Morgan fingerprint density at radius 2 is 1.50 bits per heavy atom. The van der Waals surface area contributed by atoms with Crippen LogP contribution >= 0.6 is 23.2 Å². The topological polar surface area (TPSA) is 17.1 Å². The maximum Gasteiger partial charge on any atom is 0.188 e. The van der Waals surface area contributed by atoms with Crippen LogP contribution in [0.4, 0.5) is 0 Å². The Kier molecular flexibility index (Phi) is 4.19. The predicted octanol–water partition coefficient (Wildman–Crippen LogP) is 4.89. The zero-order chi connectivity index (χ0) is 13.0. The smallest absolute Gasteiger partial charge is 0.188 e. The normalized spacial score (nSPS) is 10.8. The van der Waals surface area contributed by atoms with Crippen molar-refractivity contribution in [3.05, 3.63) is 75.8 Å². The number of carbonyl (C=O) groups excluding carboxylic acids is 1. The monoisotopic (exact) mass is 276 g/mol. The van der Waals surface area contributed by atoms with Crippen molar-refractivity contribution >= 4 is 35.1 Å². The van der Waals surface area contributed by atoms with Crippen molar-refractivity contribution in [3.63, 3.8) is 0 Å². The number of hydrogen-bond acceptors (Lipinski definition) is 1. The molecule has 2 aromatic rings. The van der Waals surface area contributed by atoms with Crippen LogP contribution in [0.5, 0.6) is 0 Å². The molecular weight excluding hydrogens is 267 g/mol. The fourth-order valence-electron chi connectivity index (χ4n) is 1.55. The summed E-state index contributed by atoms with van der Waals surface area (Å²) in [6.07, 6.45) is 3.21. The molecule has 2 rings (SSSR count). The van der Waals surface area contributed by atoms with Gasteiger partial charge in [-0.3, -0.25) is 4.79 Å². The molecule has 0 saturated carbocycles. The van der Waals surface area contributed by atoms with Crippen LogP contribution in [0.2, 0.25) is 10.0 Å². The number of benzene rings is 2. The second-order valence-electron chi connectivity index (χ2n) is 3.70.